The standard InChI is InChI=1S/C18H19BrN2O3/c1-3-17(13-7-9-15(23-2)10-8-13)20-21-18(22)12-24-16-6-4-5-14(19)11-16/h4-11H,3,12H2,1-2H3,(H,21,22)/b20-17-. The van der Waals surface area contributed by atoms with Crippen LogP contribution in [0.15, 0.2) is 58.1 Å². The fourth-order valence-electron chi connectivity index (χ4n) is 2.00. The van der Waals surface area contributed by atoms with E-state index in [0.29, 0.717) is 12.2 Å². The Morgan fingerprint density at radius 2 is 1.92 bits per heavy atom. The molecule has 24 heavy (non-hydrogen) atoms. The number of carbonyl (C=O) groups excluding carboxylic acids is 1. The molecule has 2 aromatic rings. The van der Waals surface area contributed by atoms with Crippen LogP contribution in [0.1, 0.15) is 18.9 Å². The van der Waals surface area contributed by atoms with Gasteiger partial charge in [-0.1, -0.05) is 28.9 Å². The molecule has 1 N–H and O–H groups in total. The molecule has 0 heterocycles. The van der Waals surface area contributed by atoms with Crippen molar-refractivity contribution in [2.45, 2.75) is 13.3 Å². The van der Waals surface area contributed by atoms with Crippen LogP contribution in [0.4, 0.5) is 0 Å². The van der Waals surface area contributed by atoms with Gasteiger partial charge in [0.05, 0.1) is 12.8 Å². The van der Waals surface area contributed by atoms with Gasteiger partial charge in [-0.3, -0.25) is 4.79 Å². The van der Waals surface area contributed by atoms with E-state index in [0.717, 1.165) is 21.5 Å². The molecule has 126 valence electrons. The largest absolute Gasteiger partial charge is 0.497 e. The van der Waals surface area contributed by atoms with Crippen molar-refractivity contribution in [1.29, 1.82) is 0 Å². The summed E-state index contributed by atoms with van der Waals surface area (Å²) >= 11 is 3.35. The van der Waals surface area contributed by atoms with Gasteiger partial charge in [0.2, 0.25) is 0 Å². The number of methoxy groups -OCH3 is 1. The molecule has 0 aliphatic rings. The van der Waals surface area contributed by atoms with Gasteiger partial charge in [0.1, 0.15) is 11.5 Å². The SMILES string of the molecule is CC/C(=N/NC(=O)COc1cccc(Br)c1)c1ccc(OC)cc1. The number of hydrazone groups is 1. The highest BCUT2D eigenvalue weighted by atomic mass is 79.9. The predicted molar refractivity (Wildman–Crippen MR) is 97.6 cm³/mol. The second-order valence-electron chi connectivity index (χ2n) is 4.92. The van der Waals surface area contributed by atoms with Crippen molar-refractivity contribution in [1.82, 2.24) is 5.43 Å². The van der Waals surface area contributed by atoms with Gasteiger partial charge in [0.25, 0.3) is 5.91 Å². The van der Waals surface area contributed by atoms with Crippen molar-refractivity contribution in [3.05, 3.63) is 58.6 Å². The van der Waals surface area contributed by atoms with Crippen LogP contribution in [-0.4, -0.2) is 25.3 Å². The molecule has 0 fully saturated rings. The third kappa shape index (κ3) is 5.38. The lowest BCUT2D eigenvalue weighted by Gasteiger charge is -2.08. The van der Waals surface area contributed by atoms with Crippen molar-refractivity contribution < 1.29 is 14.3 Å². The summed E-state index contributed by atoms with van der Waals surface area (Å²) in [7, 11) is 1.62. The number of hydrogen-bond donors (Lipinski definition) is 1. The molecule has 0 aliphatic carbocycles. The molecule has 0 spiro atoms. The minimum atomic E-state index is -0.311. The lowest BCUT2D eigenvalue weighted by Crippen LogP contribution is -2.26. The predicted octanol–water partition coefficient (Wildman–Crippen LogP) is 3.77. The maximum atomic E-state index is 11.9. The van der Waals surface area contributed by atoms with E-state index in [2.05, 4.69) is 26.5 Å². The second-order valence-corrected chi connectivity index (χ2v) is 5.84. The Bertz CT molecular complexity index is 714. The molecule has 0 atom stereocenters. The molecule has 6 heteroatoms. The van der Waals surface area contributed by atoms with Crippen molar-refractivity contribution in [3.8, 4) is 11.5 Å². The van der Waals surface area contributed by atoms with E-state index < -0.39 is 0 Å². The van der Waals surface area contributed by atoms with E-state index in [1.165, 1.54) is 0 Å². The highest BCUT2D eigenvalue weighted by Crippen LogP contribution is 2.17. The van der Waals surface area contributed by atoms with Crippen LogP contribution in [0.3, 0.4) is 0 Å². The molecule has 0 unspecified atom stereocenters. The Labute approximate surface area is 149 Å². The monoisotopic (exact) mass is 390 g/mol. The van der Waals surface area contributed by atoms with Crippen LogP contribution in [-0.2, 0) is 4.79 Å². The molecule has 0 saturated heterocycles. The van der Waals surface area contributed by atoms with Gasteiger partial charge < -0.3 is 9.47 Å². The van der Waals surface area contributed by atoms with E-state index >= 15 is 0 Å². The molecule has 0 radical (unpaired) electrons. The maximum Gasteiger partial charge on any atom is 0.277 e. The molecule has 2 aromatic carbocycles. The van der Waals surface area contributed by atoms with E-state index in [1.807, 2.05) is 43.3 Å². The summed E-state index contributed by atoms with van der Waals surface area (Å²) in [4.78, 5) is 11.9. The van der Waals surface area contributed by atoms with Crippen LogP contribution in [0.5, 0.6) is 11.5 Å². The third-order valence-electron chi connectivity index (χ3n) is 3.24. The molecular weight excluding hydrogens is 372 g/mol. The van der Waals surface area contributed by atoms with Gasteiger partial charge >= 0.3 is 0 Å². The van der Waals surface area contributed by atoms with Crippen LogP contribution in [0.2, 0.25) is 0 Å². The first-order valence-electron chi connectivity index (χ1n) is 7.50. The molecule has 0 aliphatic heterocycles. The number of nitrogens with one attached hydrogen (secondary N) is 1. The zero-order valence-corrected chi connectivity index (χ0v) is 15.2. The lowest BCUT2D eigenvalue weighted by atomic mass is 10.1. The van der Waals surface area contributed by atoms with E-state index in [9.17, 15) is 4.79 Å². The first kappa shape index (κ1) is 18.0. The summed E-state index contributed by atoms with van der Waals surface area (Å²) in [6, 6.07) is 14.9. The van der Waals surface area contributed by atoms with Crippen molar-refractivity contribution in [3.63, 3.8) is 0 Å². The zero-order valence-electron chi connectivity index (χ0n) is 13.6. The third-order valence-corrected chi connectivity index (χ3v) is 3.73. The van der Waals surface area contributed by atoms with Crippen molar-refractivity contribution in [2.75, 3.05) is 13.7 Å². The first-order valence-corrected chi connectivity index (χ1v) is 8.30. The number of hydrogen-bond acceptors (Lipinski definition) is 4. The van der Waals surface area contributed by atoms with Crippen LogP contribution in [0.25, 0.3) is 0 Å². The Hall–Kier alpha value is -2.34. The van der Waals surface area contributed by atoms with Gasteiger partial charge in [-0.15, -0.1) is 0 Å². The summed E-state index contributed by atoms with van der Waals surface area (Å²) in [5.41, 5.74) is 4.25. The number of ether oxygens (including phenoxy) is 2. The fourth-order valence-corrected chi connectivity index (χ4v) is 2.38. The molecule has 2 rings (SSSR count). The summed E-state index contributed by atoms with van der Waals surface area (Å²) in [5, 5.41) is 4.18. The Balaban J connectivity index is 1.92. The molecule has 0 aromatic heterocycles. The molecular formula is C18H19BrN2O3. The fraction of sp³-hybridized carbons (Fsp3) is 0.222. The number of benzene rings is 2. The van der Waals surface area contributed by atoms with Crippen molar-refractivity contribution >= 4 is 27.5 Å². The van der Waals surface area contributed by atoms with Crippen LogP contribution in [0, 0.1) is 0 Å². The summed E-state index contributed by atoms with van der Waals surface area (Å²) in [6.45, 7) is 1.88. The van der Waals surface area contributed by atoms with Crippen LogP contribution < -0.4 is 14.9 Å². The summed E-state index contributed by atoms with van der Waals surface area (Å²) < 4.78 is 11.5. The Morgan fingerprint density at radius 3 is 2.54 bits per heavy atom. The number of rotatable bonds is 7. The van der Waals surface area contributed by atoms with Gasteiger partial charge in [-0.2, -0.15) is 5.10 Å². The highest BCUT2D eigenvalue weighted by molar-refractivity contribution is 9.10. The summed E-state index contributed by atoms with van der Waals surface area (Å²) in [6.07, 6.45) is 0.694. The average molecular weight is 391 g/mol. The van der Waals surface area contributed by atoms with E-state index in [1.54, 1.807) is 19.2 Å². The summed E-state index contributed by atoms with van der Waals surface area (Å²) in [5.74, 6) is 1.09. The number of halogens is 1. The Morgan fingerprint density at radius 1 is 1.17 bits per heavy atom. The topological polar surface area (TPSA) is 59.9 Å². The minimum Gasteiger partial charge on any atom is -0.497 e. The molecule has 0 saturated carbocycles. The number of amides is 1. The molecule has 1 amide bonds. The maximum absolute atomic E-state index is 11.9. The molecule has 5 nitrogen and oxygen atoms in total. The van der Waals surface area contributed by atoms with Gasteiger partial charge in [-0.25, -0.2) is 5.43 Å². The van der Waals surface area contributed by atoms with Gasteiger partial charge in [0.15, 0.2) is 6.61 Å². The van der Waals surface area contributed by atoms with Crippen LogP contribution >= 0.6 is 15.9 Å². The van der Waals surface area contributed by atoms with Gasteiger partial charge in [-0.05, 0) is 54.4 Å². The first-order chi connectivity index (χ1) is 11.6. The van der Waals surface area contributed by atoms with Gasteiger partial charge in [0, 0.05) is 4.47 Å². The number of nitrogens with zero attached hydrogens (tertiary/aromatic N) is 1. The normalized spacial score (nSPS) is 11.0. The lowest BCUT2D eigenvalue weighted by molar-refractivity contribution is -0.123. The van der Waals surface area contributed by atoms with E-state index in [4.69, 9.17) is 9.47 Å². The second kappa shape index (κ2) is 9.08. The smallest absolute Gasteiger partial charge is 0.277 e. The molecule has 0 bridgehead atoms. The van der Waals surface area contributed by atoms with Crippen molar-refractivity contribution in [2.24, 2.45) is 5.10 Å². The minimum absolute atomic E-state index is 0.0977. The zero-order chi connectivity index (χ0) is 17.4. The highest BCUT2D eigenvalue weighted by Gasteiger charge is 2.05. The average Bonchev–Trinajstić information content (AvgIpc) is 2.61. The Kier molecular flexibility index (Phi) is 6.81. The quantitative estimate of drug-likeness (QED) is 0.578. The van der Waals surface area contributed by atoms with E-state index in [-0.39, 0.29) is 12.5 Å². The number of carbonyl (C=O) groups is 1.